The van der Waals surface area contributed by atoms with Crippen LogP contribution in [0.1, 0.15) is 16.7 Å². The van der Waals surface area contributed by atoms with Gasteiger partial charge in [0, 0.05) is 27.4 Å². The lowest BCUT2D eigenvalue weighted by Gasteiger charge is -2.35. The summed E-state index contributed by atoms with van der Waals surface area (Å²) >= 11 is 1.73. The highest BCUT2D eigenvalue weighted by molar-refractivity contribution is 7.11. The van der Waals surface area contributed by atoms with Crippen molar-refractivity contribution in [3.05, 3.63) is 40.1 Å². The lowest BCUT2D eigenvalue weighted by Crippen LogP contribution is -2.50. The zero-order valence-corrected chi connectivity index (χ0v) is 16.0. The number of amides is 1. The molecule has 2 aliphatic rings. The molecule has 1 aromatic carbocycles. The van der Waals surface area contributed by atoms with Crippen molar-refractivity contribution in [2.45, 2.75) is 20.4 Å². The van der Waals surface area contributed by atoms with E-state index < -0.39 is 0 Å². The Labute approximate surface area is 157 Å². The van der Waals surface area contributed by atoms with Crippen molar-refractivity contribution >= 4 is 22.9 Å². The van der Waals surface area contributed by atoms with E-state index in [1.54, 1.807) is 11.3 Å². The highest BCUT2D eigenvalue weighted by Gasteiger charge is 2.32. The SMILES string of the molecule is Cc1ccc(CN(C(=O)C(C)C2CNC2)c2ccc3c(c2)OCCO3)s1. The summed E-state index contributed by atoms with van der Waals surface area (Å²) in [5.74, 6) is 2.03. The van der Waals surface area contributed by atoms with E-state index in [-0.39, 0.29) is 11.8 Å². The fraction of sp³-hybridized carbons (Fsp3) is 0.450. The van der Waals surface area contributed by atoms with Crippen LogP contribution in [0.25, 0.3) is 0 Å². The van der Waals surface area contributed by atoms with E-state index >= 15 is 0 Å². The first kappa shape index (κ1) is 17.4. The number of fused-ring (bicyclic) bond motifs is 1. The van der Waals surface area contributed by atoms with Gasteiger partial charge in [-0.1, -0.05) is 6.92 Å². The maximum Gasteiger partial charge on any atom is 0.230 e. The van der Waals surface area contributed by atoms with Gasteiger partial charge in [0.15, 0.2) is 11.5 Å². The predicted molar refractivity (Wildman–Crippen MR) is 103 cm³/mol. The fourth-order valence-electron chi connectivity index (χ4n) is 3.33. The summed E-state index contributed by atoms with van der Waals surface area (Å²) in [5.41, 5.74) is 0.865. The second-order valence-electron chi connectivity index (χ2n) is 6.97. The molecule has 1 fully saturated rings. The van der Waals surface area contributed by atoms with Gasteiger partial charge in [-0.3, -0.25) is 4.79 Å². The van der Waals surface area contributed by atoms with Gasteiger partial charge in [-0.15, -0.1) is 11.3 Å². The molecule has 3 heterocycles. The summed E-state index contributed by atoms with van der Waals surface area (Å²) < 4.78 is 11.3. The molecule has 1 aromatic heterocycles. The lowest BCUT2D eigenvalue weighted by molar-refractivity contribution is -0.124. The molecule has 1 amide bonds. The number of carbonyl (C=O) groups is 1. The quantitative estimate of drug-likeness (QED) is 0.876. The van der Waals surface area contributed by atoms with Crippen LogP contribution in [-0.2, 0) is 11.3 Å². The van der Waals surface area contributed by atoms with E-state index in [9.17, 15) is 4.79 Å². The summed E-state index contributed by atoms with van der Waals surface area (Å²) in [4.78, 5) is 17.6. The third kappa shape index (κ3) is 3.44. The smallest absolute Gasteiger partial charge is 0.230 e. The number of ether oxygens (including phenoxy) is 2. The van der Waals surface area contributed by atoms with Gasteiger partial charge in [0.2, 0.25) is 5.91 Å². The topological polar surface area (TPSA) is 50.8 Å². The van der Waals surface area contributed by atoms with E-state index in [4.69, 9.17) is 9.47 Å². The molecular formula is C20H24N2O3S. The van der Waals surface area contributed by atoms with Gasteiger partial charge >= 0.3 is 0 Å². The number of benzene rings is 1. The van der Waals surface area contributed by atoms with Crippen LogP contribution in [0.3, 0.4) is 0 Å². The Morgan fingerprint density at radius 1 is 1.23 bits per heavy atom. The standard InChI is InChI=1S/C20H24N2O3S/c1-13-3-5-17(26-13)12-22(20(23)14(2)15-10-21-11-15)16-4-6-18-19(9-16)25-8-7-24-18/h3-6,9,14-15,21H,7-8,10-12H2,1-2H3. The molecule has 0 saturated carbocycles. The number of rotatable bonds is 5. The third-order valence-corrected chi connectivity index (χ3v) is 6.11. The molecule has 4 rings (SSSR count). The van der Waals surface area contributed by atoms with Crippen LogP contribution in [0, 0.1) is 18.8 Å². The molecule has 2 aliphatic heterocycles. The number of nitrogens with one attached hydrogen (secondary N) is 1. The summed E-state index contributed by atoms with van der Waals surface area (Å²) in [6.45, 7) is 7.65. The molecular weight excluding hydrogens is 348 g/mol. The first-order chi connectivity index (χ1) is 12.6. The van der Waals surface area contributed by atoms with E-state index in [1.807, 2.05) is 30.0 Å². The highest BCUT2D eigenvalue weighted by Crippen LogP contribution is 2.36. The molecule has 1 unspecified atom stereocenters. The molecule has 0 aliphatic carbocycles. The normalized spacial score (nSPS) is 17.5. The van der Waals surface area contributed by atoms with Crippen molar-refractivity contribution in [2.24, 2.45) is 11.8 Å². The van der Waals surface area contributed by atoms with Crippen LogP contribution in [0.5, 0.6) is 11.5 Å². The number of nitrogens with zero attached hydrogens (tertiary/aromatic N) is 1. The van der Waals surface area contributed by atoms with Crippen LogP contribution in [0.2, 0.25) is 0 Å². The number of aryl methyl sites for hydroxylation is 1. The summed E-state index contributed by atoms with van der Waals surface area (Å²) in [7, 11) is 0. The number of anilines is 1. The number of hydrogen-bond donors (Lipinski definition) is 1. The van der Waals surface area contributed by atoms with Gasteiger partial charge in [0.05, 0.1) is 6.54 Å². The minimum Gasteiger partial charge on any atom is -0.486 e. The van der Waals surface area contributed by atoms with Crippen molar-refractivity contribution in [3.8, 4) is 11.5 Å². The van der Waals surface area contributed by atoms with Crippen LogP contribution < -0.4 is 19.7 Å². The maximum absolute atomic E-state index is 13.3. The molecule has 1 N–H and O–H groups in total. The molecule has 0 spiro atoms. The largest absolute Gasteiger partial charge is 0.486 e. The average Bonchev–Trinajstić information content (AvgIpc) is 3.02. The average molecular weight is 372 g/mol. The van der Waals surface area contributed by atoms with E-state index in [2.05, 4.69) is 24.4 Å². The maximum atomic E-state index is 13.3. The van der Waals surface area contributed by atoms with Crippen molar-refractivity contribution < 1.29 is 14.3 Å². The summed E-state index contributed by atoms with van der Waals surface area (Å²) in [5, 5.41) is 3.26. The Balaban J connectivity index is 1.63. The van der Waals surface area contributed by atoms with Gasteiger partial charge in [-0.25, -0.2) is 0 Å². The second-order valence-corrected chi connectivity index (χ2v) is 8.34. The zero-order valence-electron chi connectivity index (χ0n) is 15.2. The minimum absolute atomic E-state index is 0.00879. The molecule has 5 nitrogen and oxygen atoms in total. The van der Waals surface area contributed by atoms with Crippen molar-refractivity contribution in [1.82, 2.24) is 5.32 Å². The highest BCUT2D eigenvalue weighted by atomic mass is 32.1. The first-order valence-corrected chi connectivity index (χ1v) is 9.90. The minimum atomic E-state index is -0.00879. The number of hydrogen-bond acceptors (Lipinski definition) is 5. The molecule has 6 heteroatoms. The first-order valence-electron chi connectivity index (χ1n) is 9.09. The molecule has 26 heavy (non-hydrogen) atoms. The Kier molecular flexibility index (Phi) is 4.87. The monoisotopic (exact) mass is 372 g/mol. The predicted octanol–water partition coefficient (Wildman–Crippen LogP) is 3.22. The number of carbonyl (C=O) groups excluding carboxylic acids is 1. The van der Waals surface area contributed by atoms with Crippen LogP contribution in [0.15, 0.2) is 30.3 Å². The van der Waals surface area contributed by atoms with Crippen molar-refractivity contribution in [2.75, 3.05) is 31.2 Å². The van der Waals surface area contributed by atoms with Gasteiger partial charge < -0.3 is 19.7 Å². The lowest BCUT2D eigenvalue weighted by atomic mass is 9.87. The second kappa shape index (κ2) is 7.29. The fourth-order valence-corrected chi connectivity index (χ4v) is 4.21. The van der Waals surface area contributed by atoms with E-state index in [0.717, 1.165) is 24.5 Å². The Bertz CT molecular complexity index is 800. The summed E-state index contributed by atoms with van der Waals surface area (Å²) in [6, 6.07) is 10.00. The van der Waals surface area contributed by atoms with Gasteiger partial charge in [-0.2, -0.15) is 0 Å². The zero-order chi connectivity index (χ0) is 18.1. The van der Waals surface area contributed by atoms with E-state index in [1.165, 1.54) is 9.75 Å². The van der Waals surface area contributed by atoms with Gasteiger partial charge in [-0.05, 0) is 50.2 Å². The molecule has 138 valence electrons. The Morgan fingerprint density at radius 3 is 2.65 bits per heavy atom. The van der Waals surface area contributed by atoms with Crippen molar-refractivity contribution in [3.63, 3.8) is 0 Å². The summed E-state index contributed by atoms with van der Waals surface area (Å²) in [6.07, 6.45) is 0. The van der Waals surface area contributed by atoms with Crippen LogP contribution in [-0.4, -0.2) is 32.2 Å². The van der Waals surface area contributed by atoms with Crippen molar-refractivity contribution in [1.29, 1.82) is 0 Å². The van der Waals surface area contributed by atoms with E-state index in [0.29, 0.717) is 31.4 Å². The van der Waals surface area contributed by atoms with Crippen LogP contribution >= 0.6 is 11.3 Å². The number of thiophene rings is 1. The third-order valence-electron chi connectivity index (χ3n) is 5.12. The molecule has 1 atom stereocenters. The van der Waals surface area contributed by atoms with Crippen LogP contribution in [0.4, 0.5) is 5.69 Å². The van der Waals surface area contributed by atoms with Gasteiger partial charge in [0.1, 0.15) is 13.2 Å². The van der Waals surface area contributed by atoms with Gasteiger partial charge in [0.25, 0.3) is 0 Å². The molecule has 0 radical (unpaired) electrons. The molecule has 2 aromatic rings. The molecule has 0 bridgehead atoms. The molecule has 1 saturated heterocycles. The Hall–Kier alpha value is -2.05. The Morgan fingerprint density at radius 2 is 2.00 bits per heavy atom.